The van der Waals surface area contributed by atoms with Crippen molar-refractivity contribution >= 4 is 17.2 Å². The molecule has 6 nitrogen and oxygen atoms in total. The molecule has 3 heterocycles. The van der Waals surface area contributed by atoms with Crippen LogP contribution < -0.4 is 5.32 Å². The Kier molecular flexibility index (Phi) is 6.23. The Morgan fingerprint density at radius 3 is 2.88 bits per heavy atom. The Hall–Kier alpha value is -1.70. The van der Waals surface area contributed by atoms with Gasteiger partial charge in [-0.25, -0.2) is 0 Å². The number of carbonyl (C=O) groups is 1. The molecule has 0 spiro atoms. The van der Waals surface area contributed by atoms with Crippen LogP contribution in [0.3, 0.4) is 0 Å². The molecule has 25 heavy (non-hydrogen) atoms. The van der Waals surface area contributed by atoms with E-state index in [0.717, 1.165) is 37.6 Å². The summed E-state index contributed by atoms with van der Waals surface area (Å²) in [6, 6.07) is 5.91. The maximum Gasteiger partial charge on any atom is 0.273 e. The molecule has 136 valence electrons. The number of rotatable bonds is 7. The van der Waals surface area contributed by atoms with Crippen molar-refractivity contribution in [1.82, 2.24) is 15.4 Å². The first-order valence-corrected chi connectivity index (χ1v) is 9.62. The molecule has 0 radical (unpaired) electrons. The van der Waals surface area contributed by atoms with E-state index in [9.17, 15) is 4.79 Å². The van der Waals surface area contributed by atoms with Crippen molar-refractivity contribution in [3.8, 4) is 10.6 Å². The van der Waals surface area contributed by atoms with Gasteiger partial charge in [-0.3, -0.25) is 9.69 Å². The molecule has 1 aliphatic heterocycles. The van der Waals surface area contributed by atoms with Gasteiger partial charge in [-0.15, -0.1) is 11.3 Å². The number of morpholine rings is 1. The number of hydrogen-bond donors (Lipinski definition) is 1. The largest absolute Gasteiger partial charge is 0.379 e. The standard InChI is InChI=1S/C18H25N3O3S/c1-13(2)10-14(21-5-7-23-8-6-21)12-19-18(22)15-11-16(24-20-15)17-4-3-9-25-17/h3-4,9,11,13-14H,5-8,10,12H2,1-2H3,(H,19,22). The second-order valence-electron chi connectivity index (χ2n) is 6.70. The van der Waals surface area contributed by atoms with Gasteiger partial charge >= 0.3 is 0 Å². The first-order valence-electron chi connectivity index (χ1n) is 8.74. The molecule has 3 rings (SSSR count). The van der Waals surface area contributed by atoms with Crippen LogP contribution in [-0.2, 0) is 4.74 Å². The van der Waals surface area contributed by atoms with Crippen LogP contribution in [0.25, 0.3) is 10.6 Å². The number of nitrogens with one attached hydrogen (secondary N) is 1. The topological polar surface area (TPSA) is 67.6 Å². The van der Waals surface area contributed by atoms with E-state index >= 15 is 0 Å². The smallest absolute Gasteiger partial charge is 0.273 e. The molecule has 2 aromatic rings. The van der Waals surface area contributed by atoms with Crippen LogP contribution in [-0.4, -0.2) is 54.9 Å². The summed E-state index contributed by atoms with van der Waals surface area (Å²) in [6.07, 6.45) is 1.04. The quantitative estimate of drug-likeness (QED) is 0.819. The summed E-state index contributed by atoms with van der Waals surface area (Å²) in [5.74, 6) is 1.02. The van der Waals surface area contributed by atoms with Crippen molar-refractivity contribution in [3.05, 3.63) is 29.3 Å². The van der Waals surface area contributed by atoms with Gasteiger partial charge in [0, 0.05) is 31.7 Å². The Bertz CT molecular complexity index is 663. The van der Waals surface area contributed by atoms with Crippen LogP contribution in [0.1, 0.15) is 30.8 Å². The predicted molar refractivity (Wildman–Crippen MR) is 97.8 cm³/mol. The van der Waals surface area contributed by atoms with Crippen LogP contribution in [0.2, 0.25) is 0 Å². The fourth-order valence-electron chi connectivity index (χ4n) is 3.07. The molecule has 1 aliphatic rings. The third-order valence-electron chi connectivity index (χ3n) is 4.31. The average molecular weight is 363 g/mol. The molecule has 0 bridgehead atoms. The lowest BCUT2D eigenvalue weighted by Gasteiger charge is -2.35. The van der Waals surface area contributed by atoms with Gasteiger partial charge in [0.25, 0.3) is 5.91 Å². The van der Waals surface area contributed by atoms with E-state index in [1.807, 2.05) is 17.5 Å². The third kappa shape index (κ3) is 4.90. The van der Waals surface area contributed by atoms with Gasteiger partial charge in [0.1, 0.15) is 0 Å². The molecule has 1 amide bonds. The van der Waals surface area contributed by atoms with E-state index in [2.05, 4.69) is 29.2 Å². The lowest BCUT2D eigenvalue weighted by molar-refractivity contribution is 0.0124. The maximum absolute atomic E-state index is 12.4. The Balaban J connectivity index is 1.59. The summed E-state index contributed by atoms with van der Waals surface area (Å²) < 4.78 is 10.7. The highest BCUT2D eigenvalue weighted by Gasteiger charge is 2.23. The number of thiophene rings is 1. The Morgan fingerprint density at radius 2 is 2.20 bits per heavy atom. The number of aromatic nitrogens is 1. The van der Waals surface area contributed by atoms with Crippen LogP contribution >= 0.6 is 11.3 Å². The third-order valence-corrected chi connectivity index (χ3v) is 5.20. The molecule has 2 aromatic heterocycles. The van der Waals surface area contributed by atoms with E-state index < -0.39 is 0 Å². The average Bonchev–Trinajstić information content (AvgIpc) is 3.29. The second-order valence-corrected chi connectivity index (χ2v) is 7.64. The second kappa shape index (κ2) is 8.60. The monoisotopic (exact) mass is 363 g/mol. The minimum absolute atomic E-state index is 0.187. The summed E-state index contributed by atoms with van der Waals surface area (Å²) in [5.41, 5.74) is 0.327. The summed E-state index contributed by atoms with van der Waals surface area (Å²) >= 11 is 1.56. The van der Waals surface area contributed by atoms with Gasteiger partial charge < -0.3 is 14.6 Å². The van der Waals surface area contributed by atoms with Crippen LogP contribution in [0.5, 0.6) is 0 Å². The van der Waals surface area contributed by atoms with Crippen LogP contribution in [0.4, 0.5) is 0 Å². The normalized spacial score (nSPS) is 16.9. The van der Waals surface area contributed by atoms with Crippen molar-refractivity contribution in [2.45, 2.75) is 26.3 Å². The van der Waals surface area contributed by atoms with Gasteiger partial charge in [0.2, 0.25) is 0 Å². The molecule has 1 fully saturated rings. The molecule has 1 N–H and O–H groups in total. The lowest BCUT2D eigenvalue weighted by Crippen LogP contribution is -2.49. The van der Waals surface area contributed by atoms with Gasteiger partial charge in [0.15, 0.2) is 11.5 Å². The number of ether oxygens (including phenoxy) is 1. The van der Waals surface area contributed by atoms with E-state index in [1.54, 1.807) is 17.4 Å². The number of amides is 1. The number of hydrogen-bond acceptors (Lipinski definition) is 6. The van der Waals surface area contributed by atoms with Crippen molar-refractivity contribution in [3.63, 3.8) is 0 Å². The van der Waals surface area contributed by atoms with Crippen molar-refractivity contribution < 1.29 is 14.1 Å². The number of carbonyl (C=O) groups excluding carboxylic acids is 1. The summed E-state index contributed by atoms with van der Waals surface area (Å²) in [4.78, 5) is 15.8. The van der Waals surface area contributed by atoms with Crippen molar-refractivity contribution in [2.75, 3.05) is 32.8 Å². The van der Waals surface area contributed by atoms with E-state index in [1.165, 1.54) is 0 Å². The lowest BCUT2D eigenvalue weighted by atomic mass is 10.0. The highest BCUT2D eigenvalue weighted by atomic mass is 32.1. The fourth-order valence-corrected chi connectivity index (χ4v) is 3.74. The van der Waals surface area contributed by atoms with E-state index in [0.29, 0.717) is 30.0 Å². The minimum Gasteiger partial charge on any atom is -0.379 e. The molecule has 0 aromatic carbocycles. The zero-order valence-electron chi connectivity index (χ0n) is 14.7. The predicted octanol–water partition coefficient (Wildman–Crippen LogP) is 2.88. The number of nitrogens with zero attached hydrogens (tertiary/aromatic N) is 2. The minimum atomic E-state index is -0.187. The highest BCUT2D eigenvalue weighted by Crippen LogP contribution is 2.25. The van der Waals surface area contributed by atoms with Gasteiger partial charge in [-0.2, -0.15) is 0 Å². The molecule has 0 saturated carbocycles. The molecule has 1 saturated heterocycles. The maximum atomic E-state index is 12.4. The summed E-state index contributed by atoms with van der Waals surface area (Å²) in [7, 11) is 0. The van der Waals surface area contributed by atoms with E-state index in [-0.39, 0.29) is 5.91 Å². The van der Waals surface area contributed by atoms with Gasteiger partial charge in [-0.05, 0) is 23.8 Å². The highest BCUT2D eigenvalue weighted by molar-refractivity contribution is 7.13. The van der Waals surface area contributed by atoms with Crippen LogP contribution in [0.15, 0.2) is 28.1 Å². The molecule has 0 aliphatic carbocycles. The molecular weight excluding hydrogens is 338 g/mol. The SMILES string of the molecule is CC(C)CC(CNC(=O)c1cc(-c2cccs2)on1)N1CCOCC1. The van der Waals surface area contributed by atoms with E-state index in [4.69, 9.17) is 9.26 Å². The summed E-state index contributed by atoms with van der Waals surface area (Å²) in [5, 5.41) is 8.90. The van der Waals surface area contributed by atoms with Crippen molar-refractivity contribution in [2.24, 2.45) is 5.92 Å². The molecule has 7 heteroatoms. The Labute approximate surface area is 152 Å². The first-order chi connectivity index (χ1) is 12.1. The zero-order chi connectivity index (χ0) is 17.6. The Morgan fingerprint density at radius 1 is 1.40 bits per heavy atom. The van der Waals surface area contributed by atoms with Gasteiger partial charge in [0.05, 0.1) is 18.1 Å². The van der Waals surface area contributed by atoms with Crippen molar-refractivity contribution in [1.29, 1.82) is 0 Å². The molecule has 1 unspecified atom stereocenters. The zero-order valence-corrected chi connectivity index (χ0v) is 15.6. The summed E-state index contributed by atoms with van der Waals surface area (Å²) in [6.45, 7) is 8.38. The fraction of sp³-hybridized carbons (Fsp3) is 0.556. The van der Waals surface area contributed by atoms with Crippen LogP contribution in [0, 0.1) is 5.92 Å². The molecular formula is C18H25N3O3S. The van der Waals surface area contributed by atoms with Gasteiger partial charge in [-0.1, -0.05) is 25.1 Å². The first kappa shape index (κ1) is 18.1. The molecule has 1 atom stereocenters.